The first-order valence-electron chi connectivity index (χ1n) is 10.9. The van der Waals surface area contributed by atoms with E-state index in [-0.39, 0.29) is 23.7 Å². The quantitative estimate of drug-likeness (QED) is 0.340. The summed E-state index contributed by atoms with van der Waals surface area (Å²) in [5, 5.41) is 9.59. The van der Waals surface area contributed by atoms with Gasteiger partial charge in [-0.3, -0.25) is 4.79 Å². The van der Waals surface area contributed by atoms with Crippen molar-refractivity contribution in [3.8, 4) is 5.75 Å². The van der Waals surface area contributed by atoms with Crippen LogP contribution in [0.1, 0.15) is 26.2 Å². The molecule has 0 radical (unpaired) electrons. The van der Waals surface area contributed by atoms with Crippen molar-refractivity contribution in [2.75, 3.05) is 17.2 Å². The molecule has 3 N–H and O–H groups in total. The van der Waals surface area contributed by atoms with E-state index in [2.05, 4.69) is 25.7 Å². The third kappa shape index (κ3) is 6.69. The lowest BCUT2D eigenvalue weighted by Crippen LogP contribution is -2.46. The average molecular weight is 497 g/mol. The summed E-state index contributed by atoms with van der Waals surface area (Å²) in [6.45, 7) is 2.21. The van der Waals surface area contributed by atoms with Crippen LogP contribution in [0.4, 0.5) is 24.9 Å². The fourth-order valence-corrected chi connectivity index (χ4v) is 3.69. The molecule has 4 rings (SSSR count). The van der Waals surface area contributed by atoms with E-state index in [4.69, 9.17) is 16.0 Å². The molecule has 0 bridgehead atoms. The molecule has 1 amide bonds. The lowest BCUT2D eigenvalue weighted by Gasteiger charge is -2.21. The van der Waals surface area contributed by atoms with Crippen LogP contribution in [0.3, 0.4) is 0 Å². The molecule has 1 saturated carbocycles. The number of amides is 1. The van der Waals surface area contributed by atoms with Gasteiger partial charge in [0.15, 0.2) is 5.58 Å². The van der Waals surface area contributed by atoms with Crippen LogP contribution in [-0.4, -0.2) is 35.9 Å². The fraction of sp³-hybridized carbons (Fsp3) is 0.391. The maximum Gasteiger partial charge on any atom is 0.573 e. The van der Waals surface area contributed by atoms with Crippen LogP contribution in [-0.2, 0) is 4.79 Å². The van der Waals surface area contributed by atoms with Crippen LogP contribution in [0.25, 0.3) is 11.1 Å². The highest BCUT2D eigenvalue weighted by Gasteiger charge is 2.32. The van der Waals surface area contributed by atoms with E-state index in [1.54, 1.807) is 18.2 Å². The largest absolute Gasteiger partial charge is 0.573 e. The summed E-state index contributed by atoms with van der Waals surface area (Å²) in [4.78, 5) is 17.3. The van der Waals surface area contributed by atoms with E-state index in [1.165, 1.54) is 24.3 Å². The van der Waals surface area contributed by atoms with Crippen molar-refractivity contribution in [2.45, 2.75) is 44.6 Å². The monoisotopic (exact) mass is 496 g/mol. The zero-order chi connectivity index (χ0) is 24.3. The molecular formula is C23H24ClF3N4O3. The second kappa shape index (κ2) is 10.0. The number of benzene rings is 2. The molecule has 3 aromatic rings. The summed E-state index contributed by atoms with van der Waals surface area (Å²) in [6.07, 6.45) is -1.92. The van der Waals surface area contributed by atoms with Crippen LogP contribution in [0.2, 0.25) is 5.02 Å². The number of para-hydroxylation sites is 1. The minimum atomic E-state index is -4.73. The Morgan fingerprint density at radius 3 is 2.62 bits per heavy atom. The van der Waals surface area contributed by atoms with Gasteiger partial charge in [0.25, 0.3) is 6.01 Å². The van der Waals surface area contributed by atoms with Gasteiger partial charge in [-0.2, -0.15) is 4.98 Å². The Bertz CT molecular complexity index is 1130. The number of hydrogen-bond donors (Lipinski definition) is 3. The number of carbonyl (C=O) groups excluding carboxylic acids is 1. The first-order chi connectivity index (χ1) is 16.2. The van der Waals surface area contributed by atoms with Crippen molar-refractivity contribution >= 4 is 40.3 Å². The zero-order valence-electron chi connectivity index (χ0n) is 18.3. The number of rotatable bonds is 10. The minimum Gasteiger partial charge on any atom is -0.422 e. The molecule has 11 heteroatoms. The van der Waals surface area contributed by atoms with Gasteiger partial charge in [-0.1, -0.05) is 30.5 Å². The summed E-state index contributed by atoms with van der Waals surface area (Å²) in [7, 11) is 0. The van der Waals surface area contributed by atoms with Gasteiger partial charge >= 0.3 is 6.36 Å². The molecule has 0 saturated heterocycles. The van der Waals surface area contributed by atoms with Crippen LogP contribution in [0.5, 0.6) is 5.75 Å². The molecule has 182 valence electrons. The SMILES string of the molecule is CC(CNc1ccc(OC(F)(F)F)cc1)NC(=O)C(CC1CC1)Nc1nc2cccc(Cl)c2o1. The van der Waals surface area contributed by atoms with Crippen LogP contribution >= 0.6 is 11.6 Å². The summed E-state index contributed by atoms with van der Waals surface area (Å²) >= 11 is 6.15. The number of carbonyl (C=O) groups is 1. The first-order valence-corrected chi connectivity index (χ1v) is 11.3. The van der Waals surface area contributed by atoms with Crippen LogP contribution in [0, 0.1) is 5.92 Å². The molecule has 1 heterocycles. The maximum absolute atomic E-state index is 13.0. The summed E-state index contributed by atoms with van der Waals surface area (Å²) in [5.74, 6) is -0.0144. The number of nitrogens with one attached hydrogen (secondary N) is 3. The Balaban J connectivity index is 1.32. The second-order valence-electron chi connectivity index (χ2n) is 8.35. The van der Waals surface area contributed by atoms with Crippen molar-refractivity contribution in [3.05, 3.63) is 47.5 Å². The fourth-order valence-electron chi connectivity index (χ4n) is 3.48. The molecule has 0 aliphatic heterocycles. The highest BCUT2D eigenvalue weighted by molar-refractivity contribution is 6.34. The molecule has 34 heavy (non-hydrogen) atoms. The average Bonchev–Trinajstić information content (AvgIpc) is 3.48. The maximum atomic E-state index is 13.0. The van der Waals surface area contributed by atoms with E-state index in [0.717, 1.165) is 12.8 Å². The summed E-state index contributed by atoms with van der Waals surface area (Å²) < 4.78 is 46.4. The highest BCUT2D eigenvalue weighted by atomic mass is 35.5. The molecule has 2 aromatic carbocycles. The lowest BCUT2D eigenvalue weighted by molar-refractivity contribution is -0.274. The van der Waals surface area contributed by atoms with Crippen molar-refractivity contribution in [3.63, 3.8) is 0 Å². The first kappa shape index (κ1) is 24.0. The van der Waals surface area contributed by atoms with Gasteiger partial charge in [-0.25, -0.2) is 0 Å². The molecule has 1 aliphatic rings. The molecule has 1 aliphatic carbocycles. The number of aromatic nitrogens is 1. The Morgan fingerprint density at radius 1 is 1.24 bits per heavy atom. The predicted molar refractivity (Wildman–Crippen MR) is 123 cm³/mol. The number of oxazole rings is 1. The Hall–Kier alpha value is -3.14. The Morgan fingerprint density at radius 2 is 1.97 bits per heavy atom. The van der Waals surface area contributed by atoms with Gasteiger partial charge in [0.05, 0.1) is 5.02 Å². The highest BCUT2D eigenvalue weighted by Crippen LogP contribution is 2.35. The number of alkyl halides is 3. The Kier molecular flexibility index (Phi) is 7.06. The molecule has 1 aromatic heterocycles. The summed E-state index contributed by atoms with van der Waals surface area (Å²) in [5.41, 5.74) is 1.66. The van der Waals surface area contributed by atoms with Gasteiger partial charge in [0, 0.05) is 18.3 Å². The standard InChI is InChI=1S/C23H24ClF3N4O3/c1-13(12-28-15-7-9-16(10-8-15)34-23(25,26)27)29-21(32)19(11-14-5-6-14)31-22-30-18-4-2-3-17(24)20(18)33-22/h2-4,7-10,13-14,19,28H,5-6,11-12H2,1H3,(H,29,32)(H,30,31). The van der Waals surface area contributed by atoms with E-state index in [9.17, 15) is 18.0 Å². The van der Waals surface area contributed by atoms with Gasteiger partial charge < -0.3 is 25.1 Å². The number of halogens is 4. The molecule has 1 fully saturated rings. The molecular weight excluding hydrogens is 473 g/mol. The van der Waals surface area contributed by atoms with Crippen molar-refractivity contribution < 1.29 is 27.1 Å². The minimum absolute atomic E-state index is 0.191. The second-order valence-corrected chi connectivity index (χ2v) is 8.75. The van der Waals surface area contributed by atoms with Crippen LogP contribution < -0.4 is 20.7 Å². The number of fused-ring (bicyclic) bond motifs is 1. The van der Waals surface area contributed by atoms with E-state index < -0.39 is 12.4 Å². The van der Waals surface area contributed by atoms with Crippen molar-refractivity contribution in [1.82, 2.24) is 10.3 Å². The molecule has 2 atom stereocenters. The number of ether oxygens (including phenoxy) is 1. The summed E-state index contributed by atoms with van der Waals surface area (Å²) in [6, 6.07) is 10.1. The molecule has 2 unspecified atom stereocenters. The lowest BCUT2D eigenvalue weighted by atomic mass is 10.1. The van der Waals surface area contributed by atoms with E-state index in [1.807, 2.05) is 6.92 Å². The van der Waals surface area contributed by atoms with Crippen molar-refractivity contribution in [2.24, 2.45) is 5.92 Å². The normalized spacial score (nSPS) is 15.6. The molecule has 7 nitrogen and oxygen atoms in total. The van der Waals surface area contributed by atoms with Gasteiger partial charge in [0.1, 0.15) is 17.3 Å². The zero-order valence-corrected chi connectivity index (χ0v) is 19.0. The van der Waals surface area contributed by atoms with E-state index in [0.29, 0.717) is 40.7 Å². The third-order valence-corrected chi connectivity index (χ3v) is 5.63. The smallest absolute Gasteiger partial charge is 0.422 e. The molecule has 0 spiro atoms. The topological polar surface area (TPSA) is 88.4 Å². The van der Waals surface area contributed by atoms with Gasteiger partial charge in [0.2, 0.25) is 5.91 Å². The number of hydrogen-bond acceptors (Lipinski definition) is 6. The van der Waals surface area contributed by atoms with Gasteiger partial charge in [-0.15, -0.1) is 13.2 Å². The number of nitrogens with zero attached hydrogens (tertiary/aromatic N) is 1. The third-order valence-electron chi connectivity index (χ3n) is 5.34. The van der Waals surface area contributed by atoms with E-state index >= 15 is 0 Å². The number of anilines is 2. The van der Waals surface area contributed by atoms with Crippen molar-refractivity contribution in [1.29, 1.82) is 0 Å². The van der Waals surface area contributed by atoms with Crippen LogP contribution in [0.15, 0.2) is 46.9 Å². The Labute approximate surface area is 199 Å². The van der Waals surface area contributed by atoms with Gasteiger partial charge in [-0.05, 0) is 55.7 Å². The predicted octanol–water partition coefficient (Wildman–Crippen LogP) is 5.58.